The molecule has 0 aliphatic rings. The van der Waals surface area contributed by atoms with Crippen LogP contribution in [0.1, 0.15) is 40.7 Å². The summed E-state index contributed by atoms with van der Waals surface area (Å²) in [6.45, 7) is 4.87. The standard InChI is InChI=1S/C17H21F2N3O/c1-11-7-12(2)9-13(8-11)15(23)10-20-5-4-16-21-6-3-14(22-16)17(18)19/h3,6-9,15,17,20,23H,4-5,10H2,1-2H3. The van der Waals surface area contributed by atoms with Crippen LogP contribution in [0.2, 0.25) is 0 Å². The van der Waals surface area contributed by atoms with Gasteiger partial charge in [-0.05, 0) is 25.5 Å². The van der Waals surface area contributed by atoms with Gasteiger partial charge in [-0.1, -0.05) is 29.3 Å². The second kappa shape index (κ2) is 8.08. The Morgan fingerprint density at radius 2 is 1.87 bits per heavy atom. The molecule has 1 atom stereocenters. The van der Waals surface area contributed by atoms with Crippen molar-refractivity contribution >= 4 is 0 Å². The van der Waals surface area contributed by atoms with Gasteiger partial charge >= 0.3 is 0 Å². The van der Waals surface area contributed by atoms with E-state index in [9.17, 15) is 13.9 Å². The summed E-state index contributed by atoms with van der Waals surface area (Å²) in [7, 11) is 0. The van der Waals surface area contributed by atoms with E-state index in [-0.39, 0.29) is 5.69 Å². The molecule has 0 saturated carbocycles. The van der Waals surface area contributed by atoms with Gasteiger partial charge in [0.1, 0.15) is 11.5 Å². The second-order valence-electron chi connectivity index (χ2n) is 5.59. The van der Waals surface area contributed by atoms with Gasteiger partial charge < -0.3 is 10.4 Å². The number of halogens is 2. The topological polar surface area (TPSA) is 58.0 Å². The van der Waals surface area contributed by atoms with Crippen molar-refractivity contribution in [3.8, 4) is 0 Å². The fourth-order valence-corrected chi connectivity index (χ4v) is 2.42. The van der Waals surface area contributed by atoms with Gasteiger partial charge in [-0.2, -0.15) is 0 Å². The number of alkyl halides is 2. The third kappa shape index (κ3) is 5.33. The minimum absolute atomic E-state index is 0.259. The fraction of sp³-hybridized carbons (Fsp3) is 0.412. The molecule has 2 aromatic rings. The largest absolute Gasteiger partial charge is 0.387 e. The van der Waals surface area contributed by atoms with Gasteiger partial charge in [0.2, 0.25) is 0 Å². The highest BCUT2D eigenvalue weighted by molar-refractivity contribution is 5.30. The van der Waals surface area contributed by atoms with Crippen molar-refractivity contribution in [2.45, 2.75) is 32.8 Å². The maximum atomic E-state index is 12.6. The van der Waals surface area contributed by atoms with Crippen LogP contribution in [0.25, 0.3) is 0 Å². The Bertz CT molecular complexity index is 629. The highest BCUT2D eigenvalue weighted by Gasteiger charge is 2.10. The molecule has 2 N–H and O–H groups in total. The summed E-state index contributed by atoms with van der Waals surface area (Å²) in [5.41, 5.74) is 2.82. The summed E-state index contributed by atoms with van der Waals surface area (Å²) in [4.78, 5) is 7.78. The molecule has 0 aliphatic carbocycles. The van der Waals surface area contributed by atoms with Crippen LogP contribution in [0, 0.1) is 13.8 Å². The van der Waals surface area contributed by atoms with E-state index in [1.807, 2.05) is 26.0 Å². The Balaban J connectivity index is 1.82. The van der Waals surface area contributed by atoms with Crippen molar-refractivity contribution in [1.82, 2.24) is 15.3 Å². The van der Waals surface area contributed by atoms with Gasteiger partial charge in [0.15, 0.2) is 0 Å². The number of nitrogens with zero attached hydrogens (tertiary/aromatic N) is 2. The lowest BCUT2D eigenvalue weighted by Gasteiger charge is -2.13. The minimum atomic E-state index is -2.59. The molecule has 0 spiro atoms. The third-order valence-corrected chi connectivity index (χ3v) is 3.44. The van der Waals surface area contributed by atoms with E-state index < -0.39 is 12.5 Å². The fourth-order valence-electron chi connectivity index (χ4n) is 2.42. The van der Waals surface area contributed by atoms with Crippen molar-refractivity contribution in [3.05, 3.63) is 58.7 Å². The van der Waals surface area contributed by atoms with Crippen LogP contribution in [0.4, 0.5) is 8.78 Å². The molecule has 1 unspecified atom stereocenters. The molecule has 124 valence electrons. The van der Waals surface area contributed by atoms with E-state index >= 15 is 0 Å². The van der Waals surface area contributed by atoms with Crippen molar-refractivity contribution in [1.29, 1.82) is 0 Å². The first kappa shape index (κ1) is 17.4. The van der Waals surface area contributed by atoms with Gasteiger partial charge in [-0.3, -0.25) is 0 Å². The van der Waals surface area contributed by atoms with Gasteiger partial charge in [-0.15, -0.1) is 0 Å². The number of aliphatic hydroxyl groups excluding tert-OH is 1. The highest BCUT2D eigenvalue weighted by atomic mass is 19.3. The minimum Gasteiger partial charge on any atom is -0.387 e. The molecule has 6 heteroatoms. The van der Waals surface area contributed by atoms with Crippen molar-refractivity contribution in [3.63, 3.8) is 0 Å². The number of benzene rings is 1. The maximum Gasteiger partial charge on any atom is 0.280 e. The molecule has 0 saturated heterocycles. The van der Waals surface area contributed by atoms with Gasteiger partial charge in [0.05, 0.1) is 6.10 Å². The number of rotatable bonds is 7. The van der Waals surface area contributed by atoms with Gasteiger partial charge in [-0.25, -0.2) is 18.7 Å². The number of hydrogen-bond donors (Lipinski definition) is 2. The smallest absolute Gasteiger partial charge is 0.280 e. The molecule has 4 nitrogen and oxygen atoms in total. The van der Waals surface area contributed by atoms with E-state index in [1.54, 1.807) is 0 Å². The summed E-state index contributed by atoms with van der Waals surface area (Å²) in [6, 6.07) is 7.17. The molecule has 1 aromatic carbocycles. The summed E-state index contributed by atoms with van der Waals surface area (Å²) < 4.78 is 25.1. The maximum absolute atomic E-state index is 12.6. The van der Waals surface area contributed by atoms with E-state index in [0.717, 1.165) is 16.7 Å². The lowest BCUT2D eigenvalue weighted by Crippen LogP contribution is -2.24. The van der Waals surface area contributed by atoms with Crippen molar-refractivity contribution in [2.24, 2.45) is 0 Å². The van der Waals surface area contributed by atoms with Crippen molar-refractivity contribution < 1.29 is 13.9 Å². The van der Waals surface area contributed by atoms with E-state index in [4.69, 9.17) is 0 Å². The average Bonchev–Trinajstić information content (AvgIpc) is 2.50. The monoisotopic (exact) mass is 321 g/mol. The van der Waals surface area contributed by atoms with Crippen LogP contribution < -0.4 is 5.32 Å². The average molecular weight is 321 g/mol. The zero-order valence-electron chi connectivity index (χ0n) is 13.3. The highest BCUT2D eigenvalue weighted by Crippen LogP contribution is 2.17. The first-order valence-electron chi connectivity index (χ1n) is 7.52. The van der Waals surface area contributed by atoms with Gasteiger partial charge in [0.25, 0.3) is 6.43 Å². The van der Waals surface area contributed by atoms with Crippen LogP contribution in [0.15, 0.2) is 30.5 Å². The molecule has 0 amide bonds. The Morgan fingerprint density at radius 3 is 2.52 bits per heavy atom. The summed E-state index contributed by atoms with van der Waals surface area (Å²) in [5.74, 6) is 0.371. The first-order valence-corrected chi connectivity index (χ1v) is 7.52. The van der Waals surface area contributed by atoms with E-state index in [0.29, 0.717) is 25.3 Å². The second-order valence-corrected chi connectivity index (χ2v) is 5.59. The molecular formula is C17H21F2N3O. The molecule has 1 heterocycles. The quantitative estimate of drug-likeness (QED) is 0.770. The normalized spacial score (nSPS) is 12.6. The van der Waals surface area contributed by atoms with Crippen LogP contribution in [-0.2, 0) is 6.42 Å². The molecular weight excluding hydrogens is 300 g/mol. The number of aromatic nitrogens is 2. The number of hydrogen-bond acceptors (Lipinski definition) is 4. The van der Waals surface area contributed by atoms with E-state index in [1.165, 1.54) is 12.3 Å². The summed E-state index contributed by atoms with van der Waals surface area (Å²) in [5, 5.41) is 13.3. The molecule has 0 radical (unpaired) electrons. The zero-order valence-corrected chi connectivity index (χ0v) is 13.3. The first-order chi connectivity index (χ1) is 11.0. The van der Waals surface area contributed by atoms with Gasteiger partial charge in [0, 0.05) is 25.7 Å². The van der Waals surface area contributed by atoms with Crippen LogP contribution in [-0.4, -0.2) is 28.2 Å². The molecule has 0 fully saturated rings. The van der Waals surface area contributed by atoms with Crippen molar-refractivity contribution in [2.75, 3.05) is 13.1 Å². The molecule has 2 rings (SSSR count). The van der Waals surface area contributed by atoms with Crippen LogP contribution in [0.5, 0.6) is 0 Å². The summed E-state index contributed by atoms with van der Waals surface area (Å²) in [6.07, 6.45) is -1.42. The predicted molar refractivity (Wildman–Crippen MR) is 84.4 cm³/mol. The third-order valence-electron chi connectivity index (χ3n) is 3.44. The zero-order chi connectivity index (χ0) is 16.8. The molecule has 1 aromatic heterocycles. The predicted octanol–water partition coefficient (Wildman–Crippen LogP) is 2.90. The molecule has 23 heavy (non-hydrogen) atoms. The molecule has 0 bridgehead atoms. The Morgan fingerprint density at radius 1 is 1.17 bits per heavy atom. The Kier molecular flexibility index (Phi) is 6.12. The van der Waals surface area contributed by atoms with Crippen LogP contribution >= 0.6 is 0 Å². The lowest BCUT2D eigenvalue weighted by atomic mass is 10.0. The Labute approximate surface area is 134 Å². The number of aliphatic hydroxyl groups is 1. The Hall–Kier alpha value is -1.92. The summed E-state index contributed by atoms with van der Waals surface area (Å²) >= 11 is 0. The SMILES string of the molecule is Cc1cc(C)cc(C(O)CNCCc2nccc(C(F)F)n2)c1. The van der Waals surface area contributed by atoms with Crippen LogP contribution in [0.3, 0.4) is 0 Å². The number of aryl methyl sites for hydroxylation is 2. The molecule has 0 aliphatic heterocycles. The number of nitrogens with one attached hydrogen (secondary N) is 1. The van der Waals surface area contributed by atoms with E-state index in [2.05, 4.69) is 21.4 Å². The lowest BCUT2D eigenvalue weighted by molar-refractivity contribution is 0.145.